The van der Waals surface area contributed by atoms with Crippen molar-refractivity contribution in [3.05, 3.63) is 127 Å². The molecule has 0 atom stereocenters. The number of fused-ring (bicyclic) bond motifs is 4. The highest BCUT2D eigenvalue weighted by molar-refractivity contribution is 5.72. The molecule has 4 aromatic carbocycles. The van der Waals surface area contributed by atoms with E-state index in [-0.39, 0.29) is 22.9 Å². The molecule has 0 unspecified atom stereocenters. The summed E-state index contributed by atoms with van der Waals surface area (Å²) in [5.41, 5.74) is 2.67. The molecule has 0 aliphatic heterocycles. The van der Waals surface area contributed by atoms with Crippen LogP contribution in [0, 0.1) is 20.2 Å². The first-order valence-electron chi connectivity index (χ1n) is 13.3. The van der Waals surface area contributed by atoms with Crippen molar-refractivity contribution in [2.24, 2.45) is 0 Å². The van der Waals surface area contributed by atoms with Crippen molar-refractivity contribution in [2.45, 2.75) is 31.1 Å². The standard InChI is InChI=1S/C31H22N2O10/c34-29(40-23-11-7-21(8-12-23)32(36)37)42-25-5-1-3-19-15-17-31(27(19)25)18-16-20-4-2-6-26(28(20)31)43-30(35)41-24-13-9-22(10-14-24)33(38)39/h1-14H,15-18H2. The van der Waals surface area contributed by atoms with Crippen LogP contribution in [0.25, 0.3) is 0 Å². The van der Waals surface area contributed by atoms with Gasteiger partial charge < -0.3 is 18.9 Å². The summed E-state index contributed by atoms with van der Waals surface area (Å²) in [4.78, 5) is 46.3. The molecule has 0 fully saturated rings. The largest absolute Gasteiger partial charge is 0.519 e. The van der Waals surface area contributed by atoms with Gasteiger partial charge in [-0.2, -0.15) is 0 Å². The number of nitro groups is 2. The highest BCUT2D eigenvalue weighted by Crippen LogP contribution is 2.57. The minimum Gasteiger partial charge on any atom is -0.395 e. The van der Waals surface area contributed by atoms with Gasteiger partial charge in [0.25, 0.3) is 11.4 Å². The lowest BCUT2D eigenvalue weighted by molar-refractivity contribution is -0.385. The number of benzene rings is 4. The number of carbonyl (C=O) groups is 2. The van der Waals surface area contributed by atoms with Crippen LogP contribution >= 0.6 is 0 Å². The Labute approximate surface area is 243 Å². The Balaban J connectivity index is 1.26. The topological polar surface area (TPSA) is 157 Å². The fraction of sp³-hybridized carbons (Fsp3) is 0.161. The Morgan fingerprint density at radius 2 is 0.977 bits per heavy atom. The summed E-state index contributed by atoms with van der Waals surface area (Å²) in [6, 6.07) is 21.0. The van der Waals surface area contributed by atoms with Gasteiger partial charge in [-0.25, -0.2) is 9.59 Å². The van der Waals surface area contributed by atoms with Crippen molar-refractivity contribution in [3.8, 4) is 23.0 Å². The highest BCUT2D eigenvalue weighted by Gasteiger charge is 2.49. The van der Waals surface area contributed by atoms with E-state index in [1.54, 1.807) is 24.3 Å². The van der Waals surface area contributed by atoms with E-state index >= 15 is 0 Å². The normalized spacial score (nSPS) is 14.0. The second-order valence-electron chi connectivity index (χ2n) is 10.1. The predicted molar refractivity (Wildman–Crippen MR) is 150 cm³/mol. The van der Waals surface area contributed by atoms with Gasteiger partial charge in [-0.3, -0.25) is 20.2 Å². The van der Waals surface area contributed by atoms with Crippen molar-refractivity contribution >= 4 is 23.7 Å². The zero-order valence-corrected chi connectivity index (χ0v) is 22.4. The van der Waals surface area contributed by atoms with E-state index in [0.717, 1.165) is 22.3 Å². The molecule has 2 aliphatic rings. The Kier molecular flexibility index (Phi) is 6.94. The SMILES string of the molecule is O=C(Oc1ccc([N+](=O)[O-])cc1)Oc1cccc2c1C1(CC2)CCc2cccc(OC(=O)Oc3ccc([N+](=O)[O-])cc3)c21. The quantitative estimate of drug-likeness (QED) is 0.102. The Hall–Kier alpha value is -5.78. The summed E-state index contributed by atoms with van der Waals surface area (Å²) in [6.07, 6.45) is 0.767. The summed E-state index contributed by atoms with van der Waals surface area (Å²) in [7, 11) is 0. The highest BCUT2D eigenvalue weighted by atomic mass is 16.7. The van der Waals surface area contributed by atoms with Gasteiger partial charge in [0, 0.05) is 40.8 Å². The number of hydrogen-bond acceptors (Lipinski definition) is 10. The minimum absolute atomic E-state index is 0.0892. The van der Waals surface area contributed by atoms with Crippen LogP contribution in [0.3, 0.4) is 0 Å². The maximum atomic E-state index is 12.8. The number of aryl methyl sites for hydroxylation is 2. The van der Waals surface area contributed by atoms with Crippen molar-refractivity contribution in [1.29, 1.82) is 0 Å². The Morgan fingerprint density at radius 1 is 0.581 bits per heavy atom. The average Bonchev–Trinajstić information content (AvgIpc) is 3.56. The summed E-state index contributed by atoms with van der Waals surface area (Å²) in [5.74, 6) is 0.786. The van der Waals surface area contributed by atoms with Crippen LogP contribution in [0.15, 0.2) is 84.9 Å². The fourth-order valence-corrected chi connectivity index (χ4v) is 5.96. The molecule has 216 valence electrons. The van der Waals surface area contributed by atoms with Crippen molar-refractivity contribution in [3.63, 3.8) is 0 Å². The molecule has 0 saturated heterocycles. The number of carbonyl (C=O) groups excluding carboxylic acids is 2. The predicted octanol–water partition coefficient (Wildman–Crippen LogP) is 6.84. The first kappa shape index (κ1) is 27.4. The maximum Gasteiger partial charge on any atom is 0.519 e. The third-order valence-corrected chi connectivity index (χ3v) is 7.71. The van der Waals surface area contributed by atoms with Crippen LogP contribution in [-0.4, -0.2) is 22.2 Å². The van der Waals surface area contributed by atoms with Crippen molar-refractivity contribution in [2.75, 3.05) is 0 Å². The van der Waals surface area contributed by atoms with Crippen molar-refractivity contribution in [1.82, 2.24) is 0 Å². The molecule has 0 bridgehead atoms. The van der Waals surface area contributed by atoms with E-state index in [4.69, 9.17) is 18.9 Å². The summed E-state index contributed by atoms with van der Waals surface area (Å²) in [5, 5.41) is 21.8. The lowest BCUT2D eigenvalue weighted by Gasteiger charge is -2.29. The number of ether oxygens (including phenoxy) is 4. The molecule has 4 aromatic rings. The molecule has 43 heavy (non-hydrogen) atoms. The number of hydrogen-bond donors (Lipinski definition) is 0. The van der Waals surface area contributed by atoms with Gasteiger partial charge in [0.15, 0.2) is 0 Å². The molecule has 0 amide bonds. The third kappa shape index (κ3) is 5.21. The molecule has 0 saturated carbocycles. The number of non-ortho nitro benzene ring substituents is 2. The number of nitrogens with zero attached hydrogens (tertiary/aromatic N) is 2. The fourth-order valence-electron chi connectivity index (χ4n) is 5.96. The molecular weight excluding hydrogens is 560 g/mol. The van der Waals surface area contributed by atoms with Crippen molar-refractivity contribution < 1.29 is 38.4 Å². The van der Waals surface area contributed by atoms with E-state index in [0.29, 0.717) is 37.2 Å². The van der Waals surface area contributed by atoms with Gasteiger partial charge in [-0.15, -0.1) is 0 Å². The van der Waals surface area contributed by atoms with Gasteiger partial charge in [0.2, 0.25) is 0 Å². The summed E-state index contributed by atoms with van der Waals surface area (Å²) >= 11 is 0. The molecule has 0 radical (unpaired) electrons. The van der Waals surface area contributed by atoms with E-state index < -0.39 is 27.6 Å². The zero-order chi connectivity index (χ0) is 30.1. The first-order chi connectivity index (χ1) is 20.7. The van der Waals surface area contributed by atoms with Gasteiger partial charge in [0.05, 0.1) is 9.85 Å². The number of rotatable bonds is 6. The molecule has 6 rings (SSSR count). The maximum absolute atomic E-state index is 12.8. The third-order valence-electron chi connectivity index (χ3n) is 7.71. The monoisotopic (exact) mass is 582 g/mol. The first-order valence-corrected chi connectivity index (χ1v) is 13.3. The lowest BCUT2D eigenvalue weighted by atomic mass is 9.76. The smallest absolute Gasteiger partial charge is 0.395 e. The van der Waals surface area contributed by atoms with Gasteiger partial charge >= 0.3 is 12.3 Å². The van der Waals surface area contributed by atoms with E-state index in [1.807, 2.05) is 12.1 Å². The van der Waals surface area contributed by atoms with Crippen LogP contribution in [0.4, 0.5) is 21.0 Å². The molecule has 12 heteroatoms. The summed E-state index contributed by atoms with van der Waals surface area (Å²) < 4.78 is 21.9. The van der Waals surface area contributed by atoms with Gasteiger partial charge in [-0.05, 0) is 73.2 Å². The number of nitro benzene ring substituents is 2. The summed E-state index contributed by atoms with van der Waals surface area (Å²) in [6.45, 7) is 0. The van der Waals surface area contributed by atoms with E-state index in [1.165, 1.54) is 48.5 Å². The molecule has 1 spiro atoms. The molecule has 0 N–H and O–H groups in total. The molecule has 0 aromatic heterocycles. The Morgan fingerprint density at radius 3 is 1.35 bits per heavy atom. The van der Waals surface area contributed by atoms with Crippen LogP contribution in [0.2, 0.25) is 0 Å². The lowest BCUT2D eigenvalue weighted by Crippen LogP contribution is -2.25. The molecule has 0 heterocycles. The van der Waals surface area contributed by atoms with E-state index in [2.05, 4.69) is 0 Å². The molecular formula is C31H22N2O10. The minimum atomic E-state index is -1.00. The van der Waals surface area contributed by atoms with E-state index in [9.17, 15) is 29.8 Å². The van der Waals surface area contributed by atoms with Gasteiger partial charge in [-0.1, -0.05) is 24.3 Å². The second kappa shape index (κ2) is 10.9. The van der Waals surface area contributed by atoms with Crippen LogP contribution in [-0.2, 0) is 18.3 Å². The zero-order valence-electron chi connectivity index (χ0n) is 22.4. The second-order valence-corrected chi connectivity index (χ2v) is 10.1. The Bertz CT molecular complexity index is 1640. The molecule has 12 nitrogen and oxygen atoms in total. The van der Waals surface area contributed by atoms with Crippen LogP contribution < -0.4 is 18.9 Å². The molecule has 2 aliphatic carbocycles. The van der Waals surface area contributed by atoms with Crippen LogP contribution in [0.5, 0.6) is 23.0 Å². The van der Waals surface area contributed by atoms with Gasteiger partial charge in [0.1, 0.15) is 23.0 Å². The average molecular weight is 583 g/mol. The van der Waals surface area contributed by atoms with Crippen LogP contribution in [0.1, 0.15) is 35.1 Å².